The molecule has 0 amide bonds. The summed E-state index contributed by atoms with van der Waals surface area (Å²) in [7, 11) is 1.28. The Balaban J connectivity index is 2.26. The van der Waals surface area contributed by atoms with Gasteiger partial charge in [-0.3, -0.25) is 4.98 Å². The monoisotopic (exact) mass is 247 g/mol. The first-order valence-corrected chi connectivity index (χ1v) is 5.33. The predicted molar refractivity (Wildman–Crippen MR) is 63.1 cm³/mol. The number of esters is 1. The molecular formula is C11H13N5O2. The molecule has 1 atom stereocenters. The van der Waals surface area contributed by atoms with E-state index < -0.39 is 5.97 Å². The standard InChI is InChI=1S/C11H13N5O2/c1-7(12)9-4-3-8(5-13-9)16-6-14-10(15-16)11(17)18-2/h3-7H,12H2,1-2H3. The maximum absolute atomic E-state index is 11.2. The first kappa shape index (κ1) is 12.2. The van der Waals surface area contributed by atoms with Gasteiger partial charge in [-0.15, -0.1) is 5.10 Å². The summed E-state index contributed by atoms with van der Waals surface area (Å²) < 4.78 is 5.98. The largest absolute Gasteiger partial charge is 0.463 e. The zero-order chi connectivity index (χ0) is 13.1. The number of hydrogen-bond acceptors (Lipinski definition) is 6. The van der Waals surface area contributed by atoms with E-state index in [9.17, 15) is 4.79 Å². The van der Waals surface area contributed by atoms with Crippen LogP contribution in [0.15, 0.2) is 24.7 Å². The Morgan fingerprint density at radius 3 is 2.78 bits per heavy atom. The van der Waals surface area contributed by atoms with Gasteiger partial charge < -0.3 is 10.5 Å². The van der Waals surface area contributed by atoms with Crippen molar-refractivity contribution in [1.29, 1.82) is 0 Å². The van der Waals surface area contributed by atoms with E-state index in [1.165, 1.54) is 18.1 Å². The minimum atomic E-state index is -0.575. The molecule has 18 heavy (non-hydrogen) atoms. The van der Waals surface area contributed by atoms with E-state index in [2.05, 4.69) is 19.8 Å². The Hall–Kier alpha value is -2.28. The molecule has 0 aliphatic heterocycles. The number of carbonyl (C=O) groups excluding carboxylic acids is 1. The summed E-state index contributed by atoms with van der Waals surface area (Å²) in [6.07, 6.45) is 3.04. The summed E-state index contributed by atoms with van der Waals surface area (Å²) in [4.78, 5) is 19.3. The van der Waals surface area contributed by atoms with Gasteiger partial charge >= 0.3 is 5.97 Å². The van der Waals surface area contributed by atoms with Gasteiger partial charge in [0.25, 0.3) is 5.82 Å². The molecule has 2 rings (SSSR count). The third kappa shape index (κ3) is 2.35. The molecule has 0 saturated heterocycles. The molecule has 0 fully saturated rings. The van der Waals surface area contributed by atoms with Crippen molar-refractivity contribution >= 4 is 5.97 Å². The van der Waals surface area contributed by atoms with Gasteiger partial charge in [0.2, 0.25) is 0 Å². The van der Waals surface area contributed by atoms with Crippen molar-refractivity contribution in [3.8, 4) is 5.69 Å². The van der Waals surface area contributed by atoms with Crippen LogP contribution in [-0.2, 0) is 4.74 Å². The third-order valence-electron chi connectivity index (χ3n) is 2.36. The SMILES string of the molecule is COC(=O)c1ncn(-c2ccc(C(C)N)nc2)n1. The topological polar surface area (TPSA) is 95.9 Å². The highest BCUT2D eigenvalue weighted by Crippen LogP contribution is 2.10. The molecule has 0 aliphatic rings. The minimum Gasteiger partial charge on any atom is -0.463 e. The van der Waals surface area contributed by atoms with Crippen LogP contribution in [0.1, 0.15) is 29.3 Å². The number of aromatic nitrogens is 4. The number of nitrogens with two attached hydrogens (primary N) is 1. The van der Waals surface area contributed by atoms with Crippen LogP contribution in [0.5, 0.6) is 0 Å². The zero-order valence-corrected chi connectivity index (χ0v) is 10.1. The molecule has 0 saturated carbocycles. The Kier molecular flexibility index (Phi) is 3.33. The summed E-state index contributed by atoms with van der Waals surface area (Å²) in [5, 5.41) is 3.99. The van der Waals surface area contributed by atoms with E-state index in [0.29, 0.717) is 5.69 Å². The van der Waals surface area contributed by atoms with E-state index in [1.54, 1.807) is 18.3 Å². The second kappa shape index (κ2) is 4.92. The average molecular weight is 247 g/mol. The second-order valence-corrected chi connectivity index (χ2v) is 3.73. The Labute approximate surface area is 104 Å². The number of carbonyl (C=O) groups is 1. The van der Waals surface area contributed by atoms with Gasteiger partial charge in [0.05, 0.1) is 24.7 Å². The number of pyridine rings is 1. The van der Waals surface area contributed by atoms with Gasteiger partial charge in [0, 0.05) is 6.04 Å². The molecule has 2 aromatic rings. The number of hydrogen-bond donors (Lipinski definition) is 1. The Morgan fingerprint density at radius 2 is 2.22 bits per heavy atom. The highest BCUT2D eigenvalue weighted by Gasteiger charge is 2.12. The van der Waals surface area contributed by atoms with Crippen molar-refractivity contribution in [3.05, 3.63) is 36.2 Å². The van der Waals surface area contributed by atoms with Crippen LogP contribution in [0.2, 0.25) is 0 Å². The van der Waals surface area contributed by atoms with Gasteiger partial charge in [0.15, 0.2) is 0 Å². The van der Waals surface area contributed by atoms with Crippen molar-refractivity contribution < 1.29 is 9.53 Å². The lowest BCUT2D eigenvalue weighted by atomic mass is 10.2. The number of ether oxygens (including phenoxy) is 1. The summed E-state index contributed by atoms with van der Waals surface area (Å²) in [6.45, 7) is 1.85. The van der Waals surface area contributed by atoms with Crippen LogP contribution in [0.4, 0.5) is 0 Å². The zero-order valence-electron chi connectivity index (χ0n) is 10.1. The van der Waals surface area contributed by atoms with Crippen LogP contribution < -0.4 is 5.73 Å². The molecule has 94 valence electrons. The quantitative estimate of drug-likeness (QED) is 0.792. The highest BCUT2D eigenvalue weighted by molar-refractivity contribution is 5.84. The molecule has 0 bridgehead atoms. The van der Waals surface area contributed by atoms with Crippen LogP contribution in [0, 0.1) is 0 Å². The smallest absolute Gasteiger partial charge is 0.377 e. The summed E-state index contributed by atoms with van der Waals surface area (Å²) >= 11 is 0. The maximum atomic E-state index is 11.2. The van der Waals surface area contributed by atoms with Gasteiger partial charge in [-0.2, -0.15) is 0 Å². The minimum absolute atomic E-state index is 0.00812. The van der Waals surface area contributed by atoms with Crippen LogP contribution in [-0.4, -0.2) is 32.8 Å². The summed E-state index contributed by atoms with van der Waals surface area (Å²) in [5.74, 6) is -0.567. The summed E-state index contributed by atoms with van der Waals surface area (Å²) in [5.41, 5.74) is 7.19. The lowest BCUT2D eigenvalue weighted by Crippen LogP contribution is -2.08. The molecule has 1 unspecified atom stereocenters. The van der Waals surface area contributed by atoms with Crippen molar-refractivity contribution in [2.75, 3.05) is 7.11 Å². The fraction of sp³-hybridized carbons (Fsp3) is 0.273. The van der Waals surface area contributed by atoms with E-state index in [1.807, 2.05) is 6.92 Å². The van der Waals surface area contributed by atoms with Gasteiger partial charge in [-0.05, 0) is 19.1 Å². The second-order valence-electron chi connectivity index (χ2n) is 3.73. The van der Waals surface area contributed by atoms with E-state index >= 15 is 0 Å². The molecule has 7 heteroatoms. The normalized spacial score (nSPS) is 12.2. The number of nitrogens with zero attached hydrogens (tertiary/aromatic N) is 4. The fourth-order valence-corrected chi connectivity index (χ4v) is 1.37. The molecule has 7 nitrogen and oxygen atoms in total. The van der Waals surface area contributed by atoms with Gasteiger partial charge in [-0.1, -0.05) is 0 Å². The molecule has 2 heterocycles. The first-order chi connectivity index (χ1) is 8.61. The van der Waals surface area contributed by atoms with Crippen molar-refractivity contribution in [1.82, 2.24) is 19.7 Å². The maximum Gasteiger partial charge on any atom is 0.377 e. The van der Waals surface area contributed by atoms with Gasteiger partial charge in [0.1, 0.15) is 6.33 Å². The lowest BCUT2D eigenvalue weighted by molar-refractivity contribution is 0.0587. The van der Waals surface area contributed by atoms with Crippen LogP contribution in [0.25, 0.3) is 5.69 Å². The number of methoxy groups -OCH3 is 1. The lowest BCUT2D eigenvalue weighted by Gasteiger charge is -2.05. The van der Waals surface area contributed by atoms with E-state index in [-0.39, 0.29) is 11.9 Å². The van der Waals surface area contributed by atoms with E-state index in [4.69, 9.17) is 5.73 Å². The third-order valence-corrected chi connectivity index (χ3v) is 2.36. The predicted octanol–water partition coefficient (Wildman–Crippen LogP) is 0.469. The Bertz CT molecular complexity index is 547. The summed E-state index contributed by atoms with van der Waals surface area (Å²) in [6, 6.07) is 3.49. The molecule has 0 radical (unpaired) electrons. The first-order valence-electron chi connectivity index (χ1n) is 5.33. The Morgan fingerprint density at radius 1 is 1.44 bits per heavy atom. The van der Waals surface area contributed by atoms with Gasteiger partial charge in [-0.25, -0.2) is 14.5 Å². The molecule has 0 spiro atoms. The highest BCUT2D eigenvalue weighted by atomic mass is 16.5. The average Bonchev–Trinajstić information content (AvgIpc) is 2.87. The van der Waals surface area contributed by atoms with Crippen LogP contribution in [0.3, 0.4) is 0 Å². The molecule has 2 aromatic heterocycles. The van der Waals surface area contributed by atoms with Crippen molar-refractivity contribution in [2.24, 2.45) is 5.73 Å². The molecule has 0 aliphatic carbocycles. The van der Waals surface area contributed by atoms with Crippen LogP contribution >= 0.6 is 0 Å². The van der Waals surface area contributed by atoms with Crippen molar-refractivity contribution in [2.45, 2.75) is 13.0 Å². The number of rotatable bonds is 3. The molecular weight excluding hydrogens is 234 g/mol. The van der Waals surface area contributed by atoms with Crippen molar-refractivity contribution in [3.63, 3.8) is 0 Å². The van der Waals surface area contributed by atoms with E-state index in [0.717, 1.165) is 5.69 Å². The fourth-order valence-electron chi connectivity index (χ4n) is 1.37. The molecule has 2 N–H and O–H groups in total. The molecule has 0 aromatic carbocycles.